The summed E-state index contributed by atoms with van der Waals surface area (Å²) in [6.45, 7) is 2.85. The fourth-order valence-corrected chi connectivity index (χ4v) is 3.11. The summed E-state index contributed by atoms with van der Waals surface area (Å²) in [6.07, 6.45) is 3.56. The Morgan fingerprint density at radius 3 is 2.95 bits per heavy atom. The lowest BCUT2D eigenvalue weighted by molar-refractivity contribution is 0.584. The highest BCUT2D eigenvalue weighted by atomic mass is 14.9. The summed E-state index contributed by atoms with van der Waals surface area (Å²) in [6, 6.07) is 10.8. The van der Waals surface area contributed by atoms with E-state index >= 15 is 0 Å². The monoisotopic (exact) mass is 267 g/mol. The zero-order valence-corrected chi connectivity index (χ0v) is 12.2. The molecule has 0 amide bonds. The Hall–Kier alpha value is -1.74. The summed E-state index contributed by atoms with van der Waals surface area (Å²) in [7, 11) is 1.95. The first-order valence-electron chi connectivity index (χ1n) is 7.35. The third kappa shape index (κ3) is 2.59. The molecule has 1 aliphatic carbocycles. The number of hydrogen-bond acceptors (Lipinski definition) is 3. The topological polar surface area (TPSA) is 37.8 Å². The van der Waals surface area contributed by atoms with Gasteiger partial charge in [-0.15, -0.1) is 0 Å². The van der Waals surface area contributed by atoms with Gasteiger partial charge in [0.05, 0.1) is 5.69 Å². The van der Waals surface area contributed by atoms with E-state index in [-0.39, 0.29) is 0 Å². The first-order chi connectivity index (χ1) is 9.78. The molecule has 0 saturated carbocycles. The number of benzene rings is 1. The molecule has 1 aromatic carbocycles. The molecule has 20 heavy (non-hydrogen) atoms. The summed E-state index contributed by atoms with van der Waals surface area (Å²) in [4.78, 5) is 9.47. The van der Waals surface area contributed by atoms with Crippen LogP contribution in [0.1, 0.15) is 47.1 Å². The van der Waals surface area contributed by atoms with Crippen LogP contribution in [-0.2, 0) is 13.0 Å². The lowest BCUT2D eigenvalue weighted by atomic mass is 9.82. The molecule has 0 radical (unpaired) electrons. The Balaban J connectivity index is 2.01. The van der Waals surface area contributed by atoms with Gasteiger partial charge in [-0.3, -0.25) is 0 Å². The summed E-state index contributed by atoms with van der Waals surface area (Å²) in [5.74, 6) is 1.35. The van der Waals surface area contributed by atoms with Crippen molar-refractivity contribution in [1.82, 2.24) is 15.3 Å². The van der Waals surface area contributed by atoms with E-state index in [4.69, 9.17) is 9.97 Å². The van der Waals surface area contributed by atoms with Gasteiger partial charge < -0.3 is 5.32 Å². The van der Waals surface area contributed by atoms with Crippen LogP contribution in [0.25, 0.3) is 0 Å². The molecular weight excluding hydrogens is 246 g/mol. The highest BCUT2D eigenvalue weighted by Crippen LogP contribution is 2.35. The van der Waals surface area contributed by atoms with Gasteiger partial charge >= 0.3 is 0 Å². The van der Waals surface area contributed by atoms with Crippen molar-refractivity contribution < 1.29 is 0 Å². The Bertz CT molecular complexity index is 607. The van der Waals surface area contributed by atoms with Crippen LogP contribution in [0.5, 0.6) is 0 Å². The van der Waals surface area contributed by atoms with Crippen molar-refractivity contribution in [2.45, 2.75) is 38.6 Å². The van der Waals surface area contributed by atoms with Gasteiger partial charge in [0.15, 0.2) is 0 Å². The molecule has 0 aliphatic heterocycles. The van der Waals surface area contributed by atoms with Gasteiger partial charge in [-0.1, -0.05) is 24.3 Å². The maximum atomic E-state index is 4.77. The quantitative estimate of drug-likeness (QED) is 0.929. The molecule has 0 saturated heterocycles. The molecule has 3 nitrogen and oxygen atoms in total. The second-order valence-electron chi connectivity index (χ2n) is 5.53. The van der Waals surface area contributed by atoms with Crippen LogP contribution < -0.4 is 5.32 Å². The maximum Gasteiger partial charge on any atom is 0.136 e. The molecule has 1 aromatic heterocycles. The average molecular weight is 267 g/mol. The fourth-order valence-electron chi connectivity index (χ4n) is 3.11. The zero-order valence-electron chi connectivity index (χ0n) is 12.2. The maximum absolute atomic E-state index is 4.77. The zero-order chi connectivity index (χ0) is 13.9. The van der Waals surface area contributed by atoms with Crippen LogP contribution >= 0.6 is 0 Å². The Kier molecular flexibility index (Phi) is 3.79. The predicted octanol–water partition coefficient (Wildman–Crippen LogP) is 2.97. The third-order valence-electron chi connectivity index (χ3n) is 3.96. The van der Waals surface area contributed by atoms with Gasteiger partial charge in [-0.2, -0.15) is 0 Å². The minimum atomic E-state index is 0.357. The molecular formula is C17H21N3. The van der Waals surface area contributed by atoms with Gasteiger partial charge in [0.2, 0.25) is 0 Å². The third-order valence-corrected chi connectivity index (χ3v) is 3.96. The summed E-state index contributed by atoms with van der Waals surface area (Å²) in [5, 5.41) is 3.17. The van der Waals surface area contributed by atoms with Crippen LogP contribution in [-0.4, -0.2) is 17.0 Å². The molecule has 1 unspecified atom stereocenters. The summed E-state index contributed by atoms with van der Waals surface area (Å²) < 4.78 is 0. The van der Waals surface area contributed by atoms with Crippen molar-refractivity contribution in [3.63, 3.8) is 0 Å². The van der Waals surface area contributed by atoms with E-state index < -0.39 is 0 Å². The van der Waals surface area contributed by atoms with Crippen LogP contribution in [0.2, 0.25) is 0 Å². The van der Waals surface area contributed by atoms with E-state index in [1.807, 2.05) is 7.05 Å². The number of nitrogens with one attached hydrogen (secondary N) is 1. The van der Waals surface area contributed by atoms with Crippen molar-refractivity contribution >= 4 is 0 Å². The van der Waals surface area contributed by atoms with Crippen molar-refractivity contribution in [2.75, 3.05) is 7.05 Å². The van der Waals surface area contributed by atoms with Crippen molar-refractivity contribution in [2.24, 2.45) is 0 Å². The van der Waals surface area contributed by atoms with Crippen molar-refractivity contribution in [3.05, 3.63) is 58.7 Å². The molecule has 1 aliphatic rings. The standard InChI is InChI=1S/C17H21N3/c1-12-10-14(11-18-2)20-17(19-12)16-9-5-7-13-6-3-4-8-15(13)16/h3-4,6,8,10,16,18H,5,7,9,11H2,1-2H3. The number of aromatic nitrogens is 2. The first-order valence-corrected chi connectivity index (χ1v) is 7.35. The van der Waals surface area contributed by atoms with Crippen LogP contribution in [0, 0.1) is 6.92 Å². The second kappa shape index (κ2) is 5.71. The van der Waals surface area contributed by atoms with E-state index in [0.29, 0.717) is 5.92 Å². The Morgan fingerprint density at radius 1 is 1.25 bits per heavy atom. The molecule has 2 aromatic rings. The van der Waals surface area contributed by atoms with E-state index in [1.165, 1.54) is 24.0 Å². The smallest absolute Gasteiger partial charge is 0.136 e. The molecule has 3 rings (SSSR count). The highest BCUT2D eigenvalue weighted by molar-refractivity contribution is 5.36. The summed E-state index contributed by atoms with van der Waals surface area (Å²) >= 11 is 0. The molecule has 104 valence electrons. The largest absolute Gasteiger partial charge is 0.314 e. The van der Waals surface area contributed by atoms with Gasteiger partial charge in [-0.05, 0) is 50.4 Å². The van der Waals surface area contributed by atoms with Crippen LogP contribution in [0.4, 0.5) is 0 Å². The van der Waals surface area contributed by atoms with Gasteiger partial charge in [0.25, 0.3) is 0 Å². The minimum Gasteiger partial charge on any atom is -0.314 e. The van der Waals surface area contributed by atoms with Crippen LogP contribution in [0.3, 0.4) is 0 Å². The van der Waals surface area contributed by atoms with Crippen molar-refractivity contribution in [1.29, 1.82) is 0 Å². The van der Waals surface area contributed by atoms with E-state index in [1.54, 1.807) is 0 Å². The molecule has 1 N–H and O–H groups in total. The van der Waals surface area contributed by atoms with E-state index in [0.717, 1.165) is 30.2 Å². The fraction of sp³-hybridized carbons (Fsp3) is 0.412. The average Bonchev–Trinajstić information content (AvgIpc) is 2.46. The lowest BCUT2D eigenvalue weighted by Crippen LogP contribution is -2.16. The summed E-state index contributed by atoms with van der Waals surface area (Å²) in [5.41, 5.74) is 5.02. The Morgan fingerprint density at radius 2 is 2.10 bits per heavy atom. The van der Waals surface area contributed by atoms with Crippen molar-refractivity contribution in [3.8, 4) is 0 Å². The molecule has 1 atom stereocenters. The van der Waals surface area contributed by atoms with Gasteiger partial charge in [0.1, 0.15) is 5.82 Å². The number of fused-ring (bicyclic) bond motifs is 1. The predicted molar refractivity (Wildman–Crippen MR) is 80.8 cm³/mol. The minimum absolute atomic E-state index is 0.357. The second-order valence-corrected chi connectivity index (χ2v) is 5.53. The lowest BCUT2D eigenvalue weighted by Gasteiger charge is -2.24. The number of rotatable bonds is 3. The molecule has 0 fully saturated rings. The van der Waals surface area contributed by atoms with Gasteiger partial charge in [-0.25, -0.2) is 9.97 Å². The highest BCUT2D eigenvalue weighted by Gasteiger charge is 2.24. The number of hydrogen-bond donors (Lipinski definition) is 1. The molecule has 1 heterocycles. The van der Waals surface area contributed by atoms with E-state index in [2.05, 4.69) is 42.6 Å². The molecule has 0 spiro atoms. The first kappa shape index (κ1) is 13.3. The molecule has 0 bridgehead atoms. The van der Waals surface area contributed by atoms with Crippen LogP contribution in [0.15, 0.2) is 30.3 Å². The number of nitrogens with zero attached hydrogens (tertiary/aromatic N) is 2. The number of aryl methyl sites for hydroxylation is 2. The SMILES string of the molecule is CNCc1cc(C)nc(C2CCCc3ccccc32)n1. The van der Waals surface area contributed by atoms with E-state index in [9.17, 15) is 0 Å². The molecule has 3 heteroatoms. The van der Waals surface area contributed by atoms with Gasteiger partial charge in [0, 0.05) is 18.2 Å². The normalized spacial score (nSPS) is 17.8. The Labute approximate surface area is 120 Å².